The fourth-order valence-corrected chi connectivity index (χ4v) is 2.58. The zero-order chi connectivity index (χ0) is 9.26. The number of piperazine rings is 1. The molecule has 0 N–H and O–H groups in total. The predicted molar refractivity (Wildman–Crippen MR) is 54.5 cm³/mol. The first-order chi connectivity index (χ1) is 6.31. The number of rotatable bonds is 0. The van der Waals surface area contributed by atoms with Crippen molar-refractivity contribution in [1.29, 1.82) is 0 Å². The van der Waals surface area contributed by atoms with Gasteiger partial charge in [-0.1, -0.05) is 5.92 Å². The minimum Gasteiger partial charge on any atom is -0.304 e. The summed E-state index contributed by atoms with van der Waals surface area (Å²) in [4.78, 5) is 4.95. The minimum atomic E-state index is 0.424. The lowest BCUT2D eigenvalue weighted by molar-refractivity contribution is 0.0397. The highest BCUT2D eigenvalue weighted by Gasteiger charge is 2.32. The van der Waals surface area contributed by atoms with Crippen LogP contribution < -0.4 is 0 Å². The van der Waals surface area contributed by atoms with Crippen molar-refractivity contribution in [2.24, 2.45) is 0 Å². The summed E-state index contributed by atoms with van der Waals surface area (Å²) in [7, 11) is 2.21. The average molecular weight is 178 g/mol. The van der Waals surface area contributed by atoms with Gasteiger partial charge >= 0.3 is 0 Å². The van der Waals surface area contributed by atoms with Gasteiger partial charge in [0, 0.05) is 25.7 Å². The van der Waals surface area contributed by atoms with E-state index in [-0.39, 0.29) is 0 Å². The van der Waals surface area contributed by atoms with E-state index in [0.717, 1.165) is 12.6 Å². The molecule has 2 rings (SSSR count). The van der Waals surface area contributed by atoms with Crippen molar-refractivity contribution in [2.45, 2.75) is 31.3 Å². The molecule has 0 aromatic rings. The van der Waals surface area contributed by atoms with Crippen molar-refractivity contribution in [3.05, 3.63) is 0 Å². The number of hydrogen-bond donors (Lipinski definition) is 0. The first-order valence-corrected chi connectivity index (χ1v) is 5.21. The Labute approximate surface area is 80.9 Å². The van der Waals surface area contributed by atoms with Gasteiger partial charge in [0.15, 0.2) is 0 Å². The molecule has 0 amide bonds. The van der Waals surface area contributed by atoms with E-state index < -0.39 is 0 Å². The van der Waals surface area contributed by atoms with E-state index in [1.54, 1.807) is 0 Å². The van der Waals surface area contributed by atoms with Crippen LogP contribution in [0.2, 0.25) is 0 Å². The molecule has 13 heavy (non-hydrogen) atoms. The molecule has 72 valence electrons. The maximum atomic E-state index is 5.54. The lowest BCUT2D eigenvalue weighted by atomic mass is 9.94. The lowest BCUT2D eigenvalue weighted by Gasteiger charge is -2.45. The second-order valence-corrected chi connectivity index (χ2v) is 4.27. The van der Waals surface area contributed by atoms with Crippen LogP contribution in [0, 0.1) is 12.3 Å². The van der Waals surface area contributed by atoms with Crippen molar-refractivity contribution >= 4 is 0 Å². The summed E-state index contributed by atoms with van der Waals surface area (Å²) in [5.41, 5.74) is 0. The predicted octanol–water partition coefficient (Wildman–Crippen LogP) is 0.788. The van der Waals surface area contributed by atoms with Gasteiger partial charge in [-0.15, -0.1) is 6.42 Å². The topological polar surface area (TPSA) is 6.48 Å². The average Bonchev–Trinajstić information content (AvgIpc) is 2.16. The molecule has 2 fully saturated rings. The van der Waals surface area contributed by atoms with Gasteiger partial charge in [0.1, 0.15) is 0 Å². The Morgan fingerprint density at radius 2 is 2.15 bits per heavy atom. The Bertz CT molecular complexity index is 219. The van der Waals surface area contributed by atoms with E-state index in [4.69, 9.17) is 6.42 Å². The number of likely N-dealkylation sites (N-methyl/N-ethyl adjacent to an activating group) is 1. The van der Waals surface area contributed by atoms with Crippen LogP contribution in [0.5, 0.6) is 0 Å². The fraction of sp³-hybridized carbons (Fsp3) is 0.818. The molecule has 2 heteroatoms. The third-order valence-electron chi connectivity index (χ3n) is 3.34. The molecule has 0 spiro atoms. The third-order valence-corrected chi connectivity index (χ3v) is 3.34. The molecule has 0 aromatic carbocycles. The van der Waals surface area contributed by atoms with Gasteiger partial charge in [-0.05, 0) is 26.3 Å². The van der Waals surface area contributed by atoms with E-state index in [1.165, 1.54) is 32.4 Å². The Kier molecular flexibility index (Phi) is 2.57. The molecular weight excluding hydrogens is 160 g/mol. The zero-order valence-electron chi connectivity index (χ0n) is 8.37. The number of hydrogen-bond acceptors (Lipinski definition) is 2. The van der Waals surface area contributed by atoms with E-state index in [0.29, 0.717) is 6.04 Å². The molecule has 2 aliphatic heterocycles. The maximum absolute atomic E-state index is 5.54. The molecule has 0 bridgehead atoms. The second-order valence-electron chi connectivity index (χ2n) is 4.27. The fourth-order valence-electron chi connectivity index (χ4n) is 2.58. The van der Waals surface area contributed by atoms with E-state index >= 15 is 0 Å². The van der Waals surface area contributed by atoms with Gasteiger partial charge in [-0.25, -0.2) is 0 Å². The summed E-state index contributed by atoms with van der Waals surface area (Å²) in [5, 5.41) is 0. The summed E-state index contributed by atoms with van der Waals surface area (Å²) in [6, 6.07) is 1.15. The van der Waals surface area contributed by atoms with Gasteiger partial charge in [0.05, 0.1) is 6.04 Å². The molecule has 2 saturated heterocycles. The summed E-state index contributed by atoms with van der Waals surface area (Å²) in [5.74, 6) is 2.93. The maximum Gasteiger partial charge on any atom is 0.0715 e. The second kappa shape index (κ2) is 3.69. The molecule has 0 radical (unpaired) electrons. The van der Waals surface area contributed by atoms with Gasteiger partial charge in [0.25, 0.3) is 0 Å². The van der Waals surface area contributed by atoms with Gasteiger partial charge in [0.2, 0.25) is 0 Å². The van der Waals surface area contributed by atoms with Gasteiger partial charge in [-0.3, -0.25) is 4.90 Å². The van der Waals surface area contributed by atoms with Crippen LogP contribution in [0.1, 0.15) is 19.3 Å². The number of fused-ring (bicyclic) bond motifs is 1. The van der Waals surface area contributed by atoms with Gasteiger partial charge < -0.3 is 4.90 Å². The molecule has 0 aromatic heterocycles. The van der Waals surface area contributed by atoms with E-state index in [1.807, 2.05) is 0 Å². The Morgan fingerprint density at radius 1 is 1.31 bits per heavy atom. The molecule has 2 atom stereocenters. The van der Waals surface area contributed by atoms with Crippen LogP contribution in [0.25, 0.3) is 0 Å². The lowest BCUT2D eigenvalue weighted by Crippen LogP contribution is -2.57. The van der Waals surface area contributed by atoms with Gasteiger partial charge in [-0.2, -0.15) is 0 Å². The van der Waals surface area contributed by atoms with Crippen molar-refractivity contribution in [2.75, 3.05) is 26.7 Å². The summed E-state index contributed by atoms with van der Waals surface area (Å²) >= 11 is 0. The number of terminal acetylenes is 1. The molecule has 0 aliphatic carbocycles. The van der Waals surface area contributed by atoms with Crippen LogP contribution >= 0.6 is 0 Å². The SMILES string of the molecule is C#C[C@H]1CCC[C@H]2CN(C)CCN21. The summed E-state index contributed by atoms with van der Waals surface area (Å²) in [6.07, 6.45) is 9.39. The minimum absolute atomic E-state index is 0.424. The van der Waals surface area contributed by atoms with Crippen LogP contribution in [0.4, 0.5) is 0 Å². The van der Waals surface area contributed by atoms with E-state index in [9.17, 15) is 0 Å². The van der Waals surface area contributed by atoms with Crippen LogP contribution in [0.15, 0.2) is 0 Å². The highest BCUT2D eigenvalue weighted by Crippen LogP contribution is 2.25. The first kappa shape index (κ1) is 9.05. The molecule has 2 aliphatic rings. The summed E-state index contributed by atoms with van der Waals surface area (Å²) < 4.78 is 0. The largest absolute Gasteiger partial charge is 0.304 e. The molecule has 2 heterocycles. The van der Waals surface area contributed by atoms with Crippen molar-refractivity contribution in [3.63, 3.8) is 0 Å². The smallest absolute Gasteiger partial charge is 0.0715 e. The Morgan fingerprint density at radius 3 is 2.92 bits per heavy atom. The highest BCUT2D eigenvalue weighted by molar-refractivity contribution is 5.05. The van der Waals surface area contributed by atoms with Crippen LogP contribution in [0.3, 0.4) is 0 Å². The zero-order valence-corrected chi connectivity index (χ0v) is 8.37. The normalized spacial score (nSPS) is 36.6. The summed E-state index contributed by atoms with van der Waals surface area (Å²) in [6.45, 7) is 3.54. The standard InChI is InChI=1S/C11H18N2/c1-3-10-5-4-6-11-9-12(2)7-8-13(10)11/h1,10-11H,4-9H2,2H3/t10-,11-/m0/s1. The molecule has 2 nitrogen and oxygen atoms in total. The highest BCUT2D eigenvalue weighted by atomic mass is 15.3. The van der Waals surface area contributed by atoms with Crippen molar-refractivity contribution in [3.8, 4) is 12.3 Å². The number of piperidine rings is 1. The van der Waals surface area contributed by atoms with Crippen LogP contribution in [-0.2, 0) is 0 Å². The first-order valence-electron chi connectivity index (χ1n) is 5.21. The van der Waals surface area contributed by atoms with Crippen molar-refractivity contribution in [1.82, 2.24) is 9.80 Å². The van der Waals surface area contributed by atoms with Crippen LogP contribution in [-0.4, -0.2) is 48.6 Å². The molecular formula is C11H18N2. The monoisotopic (exact) mass is 178 g/mol. The van der Waals surface area contributed by atoms with E-state index in [2.05, 4.69) is 22.8 Å². The molecule has 0 saturated carbocycles. The molecule has 0 unspecified atom stereocenters. The quantitative estimate of drug-likeness (QED) is 0.506. The number of nitrogens with zero attached hydrogens (tertiary/aromatic N) is 2. The Hall–Kier alpha value is -0.520. The third kappa shape index (κ3) is 1.72. The van der Waals surface area contributed by atoms with Crippen molar-refractivity contribution < 1.29 is 0 Å². The Balaban J connectivity index is 2.04.